The van der Waals surface area contributed by atoms with E-state index < -0.39 is 30.1 Å². The van der Waals surface area contributed by atoms with Gasteiger partial charge in [0.2, 0.25) is 5.76 Å². The van der Waals surface area contributed by atoms with Crippen LogP contribution < -0.4 is 0 Å². The number of furan rings is 1. The van der Waals surface area contributed by atoms with Crippen molar-refractivity contribution in [1.82, 2.24) is 4.90 Å². The number of ether oxygens (including phenoxy) is 1. The summed E-state index contributed by atoms with van der Waals surface area (Å²) in [4.78, 5) is 24.1. The minimum Gasteiger partial charge on any atom is -0.475 e. The average Bonchev–Trinajstić information content (AvgIpc) is 3.34. The van der Waals surface area contributed by atoms with E-state index in [1.807, 2.05) is 0 Å². The monoisotopic (exact) mass is 421 g/mol. The second kappa shape index (κ2) is 9.08. The highest BCUT2D eigenvalue weighted by Gasteiger charge is 2.39. The Kier molecular flexibility index (Phi) is 6.51. The lowest BCUT2D eigenvalue weighted by Crippen LogP contribution is -2.34. The van der Waals surface area contributed by atoms with Crippen LogP contribution >= 0.6 is 0 Å². The fourth-order valence-electron chi connectivity index (χ4n) is 3.12. The molecule has 0 aliphatic carbocycles. The molecular weight excluding hydrogens is 400 g/mol. The fraction of sp³-hybridized carbons (Fsp3) is 0.333. The van der Waals surface area contributed by atoms with Crippen molar-refractivity contribution < 1.29 is 37.7 Å². The van der Waals surface area contributed by atoms with Crippen molar-refractivity contribution >= 4 is 12.1 Å². The van der Waals surface area contributed by atoms with Crippen molar-refractivity contribution in [3.8, 4) is 0 Å². The highest BCUT2D eigenvalue weighted by Crippen LogP contribution is 2.32. The molecule has 1 aliphatic heterocycles. The van der Waals surface area contributed by atoms with Gasteiger partial charge in [0.05, 0.1) is 6.04 Å². The van der Waals surface area contributed by atoms with Crippen molar-refractivity contribution in [1.29, 1.82) is 0 Å². The summed E-state index contributed by atoms with van der Waals surface area (Å²) in [5.74, 6) is -4.35. The number of nitrogens with zero attached hydrogens (tertiary/aromatic N) is 1. The predicted octanol–water partition coefficient (Wildman–Crippen LogP) is 3.44. The zero-order valence-corrected chi connectivity index (χ0v) is 15.9. The number of hydrogen-bond donors (Lipinski definition) is 2. The zero-order valence-electron chi connectivity index (χ0n) is 15.9. The van der Waals surface area contributed by atoms with Crippen LogP contribution in [0.5, 0.6) is 0 Å². The summed E-state index contributed by atoms with van der Waals surface area (Å²) in [5, 5.41) is 18.8. The molecule has 7 nitrogen and oxygen atoms in total. The average molecular weight is 421 g/mol. The van der Waals surface area contributed by atoms with Gasteiger partial charge in [-0.05, 0) is 18.6 Å². The quantitative estimate of drug-likeness (QED) is 0.602. The van der Waals surface area contributed by atoms with E-state index in [-0.39, 0.29) is 24.5 Å². The van der Waals surface area contributed by atoms with Gasteiger partial charge in [0.15, 0.2) is 0 Å². The smallest absolute Gasteiger partial charge is 0.410 e. The van der Waals surface area contributed by atoms with Gasteiger partial charge in [0.1, 0.15) is 18.5 Å². The maximum atomic E-state index is 14.4. The van der Waals surface area contributed by atoms with Gasteiger partial charge in [-0.3, -0.25) is 4.90 Å². The van der Waals surface area contributed by atoms with Crippen molar-refractivity contribution in [3.63, 3.8) is 0 Å². The standard InChI is InChI=1S/C21H21F2NO6/c22-21(23,14-5-2-1-3-6-14)18(25)11-8-15-13-29-20(28)24(15)12-4-7-16-9-10-17(30-16)19(26)27/h1-3,5-6,8-11,15,18,25H,4,7,12-13H2,(H,26,27). The van der Waals surface area contributed by atoms with Crippen LogP contribution in [0.1, 0.15) is 28.3 Å². The Balaban J connectivity index is 1.58. The lowest BCUT2D eigenvalue weighted by atomic mass is 10.0. The number of amides is 1. The minimum atomic E-state index is -3.48. The number of carboxylic acid groups (broad SMARTS) is 1. The van der Waals surface area contributed by atoms with Crippen LogP contribution in [-0.4, -0.2) is 52.5 Å². The molecule has 2 unspecified atom stereocenters. The summed E-state index contributed by atoms with van der Waals surface area (Å²) >= 11 is 0. The number of carbonyl (C=O) groups excluding carboxylic acids is 1. The van der Waals surface area contributed by atoms with Crippen LogP contribution in [0.2, 0.25) is 0 Å². The first-order chi connectivity index (χ1) is 14.3. The van der Waals surface area contributed by atoms with Crippen molar-refractivity contribution in [2.45, 2.75) is 30.9 Å². The van der Waals surface area contributed by atoms with Crippen LogP contribution in [0.3, 0.4) is 0 Å². The first-order valence-electron chi connectivity index (χ1n) is 9.34. The van der Waals surface area contributed by atoms with Gasteiger partial charge >= 0.3 is 18.0 Å². The molecule has 30 heavy (non-hydrogen) atoms. The van der Waals surface area contributed by atoms with E-state index in [2.05, 4.69) is 0 Å². The van der Waals surface area contributed by atoms with E-state index in [1.165, 1.54) is 41.3 Å². The number of carbonyl (C=O) groups is 2. The topological polar surface area (TPSA) is 100 Å². The van der Waals surface area contributed by atoms with E-state index in [1.54, 1.807) is 12.1 Å². The molecule has 1 aromatic carbocycles. The Hall–Kier alpha value is -3.20. The van der Waals surface area contributed by atoms with E-state index in [9.17, 15) is 23.5 Å². The number of aromatic carboxylic acids is 1. The lowest BCUT2D eigenvalue weighted by Gasteiger charge is -2.22. The number of cyclic esters (lactones) is 1. The number of benzene rings is 1. The van der Waals surface area contributed by atoms with Crippen molar-refractivity contribution in [2.24, 2.45) is 0 Å². The fourth-order valence-corrected chi connectivity index (χ4v) is 3.12. The Labute approximate surface area is 171 Å². The molecule has 2 atom stereocenters. The summed E-state index contributed by atoms with van der Waals surface area (Å²) in [6, 6.07) is 9.29. The van der Waals surface area contributed by atoms with Crippen LogP contribution in [-0.2, 0) is 17.1 Å². The van der Waals surface area contributed by atoms with E-state index in [0.29, 0.717) is 18.6 Å². The second-order valence-electron chi connectivity index (χ2n) is 6.83. The molecule has 9 heteroatoms. The first-order valence-corrected chi connectivity index (χ1v) is 9.34. The van der Waals surface area contributed by atoms with Crippen molar-refractivity contribution in [2.75, 3.05) is 13.2 Å². The van der Waals surface area contributed by atoms with E-state index in [4.69, 9.17) is 14.3 Å². The SMILES string of the molecule is O=C(O)c1ccc(CCCN2C(=O)OCC2C=CC(O)C(F)(F)c2ccccc2)o1. The molecule has 0 saturated carbocycles. The Morgan fingerprint density at radius 1 is 1.27 bits per heavy atom. The summed E-state index contributed by atoms with van der Waals surface area (Å²) in [6.45, 7) is 0.241. The van der Waals surface area contributed by atoms with E-state index in [0.717, 1.165) is 6.08 Å². The molecule has 1 fully saturated rings. The number of halogens is 2. The molecule has 0 bridgehead atoms. The molecule has 1 amide bonds. The first kappa shape index (κ1) is 21.5. The third-order valence-electron chi connectivity index (χ3n) is 4.75. The molecule has 1 saturated heterocycles. The minimum absolute atomic E-state index is 0.0110. The normalized spacial score (nSPS) is 18.0. The molecule has 0 radical (unpaired) electrons. The van der Waals surface area contributed by atoms with Crippen LogP contribution in [0.15, 0.2) is 59.0 Å². The number of aliphatic hydroxyl groups is 1. The predicted molar refractivity (Wildman–Crippen MR) is 101 cm³/mol. The molecule has 2 aromatic rings. The molecule has 2 heterocycles. The number of hydrogen-bond acceptors (Lipinski definition) is 5. The van der Waals surface area contributed by atoms with Gasteiger partial charge in [-0.25, -0.2) is 9.59 Å². The molecule has 1 aliphatic rings. The summed E-state index contributed by atoms with van der Waals surface area (Å²) in [5.41, 5.74) is -0.308. The number of alkyl halides is 2. The van der Waals surface area contributed by atoms with Gasteiger partial charge in [0.25, 0.3) is 0 Å². The summed E-state index contributed by atoms with van der Waals surface area (Å²) < 4.78 is 38.9. The summed E-state index contributed by atoms with van der Waals surface area (Å²) in [6.07, 6.45) is 0.506. The van der Waals surface area contributed by atoms with Gasteiger partial charge in [-0.15, -0.1) is 0 Å². The highest BCUT2D eigenvalue weighted by molar-refractivity contribution is 5.84. The molecule has 1 aromatic heterocycles. The Bertz CT molecular complexity index is 911. The Morgan fingerprint density at radius 3 is 2.67 bits per heavy atom. The van der Waals surface area contributed by atoms with E-state index >= 15 is 0 Å². The van der Waals surface area contributed by atoms with Gasteiger partial charge in [-0.1, -0.05) is 42.5 Å². The number of aliphatic hydroxyl groups excluding tert-OH is 1. The lowest BCUT2D eigenvalue weighted by molar-refractivity contribution is -0.0929. The highest BCUT2D eigenvalue weighted by atomic mass is 19.3. The second-order valence-corrected chi connectivity index (χ2v) is 6.83. The Morgan fingerprint density at radius 2 is 2.00 bits per heavy atom. The third kappa shape index (κ3) is 4.85. The number of rotatable bonds is 9. The molecule has 160 valence electrons. The van der Waals surface area contributed by atoms with Gasteiger partial charge in [0, 0.05) is 18.5 Å². The van der Waals surface area contributed by atoms with Gasteiger partial charge in [-0.2, -0.15) is 8.78 Å². The van der Waals surface area contributed by atoms with Crippen LogP contribution in [0, 0.1) is 0 Å². The molecular formula is C21H21F2NO6. The zero-order chi connectivity index (χ0) is 21.7. The maximum absolute atomic E-state index is 14.4. The third-order valence-corrected chi connectivity index (χ3v) is 4.75. The van der Waals surface area contributed by atoms with Crippen molar-refractivity contribution in [3.05, 3.63) is 71.7 Å². The molecule has 2 N–H and O–H groups in total. The molecule has 3 rings (SSSR count). The molecule has 0 spiro atoms. The van der Waals surface area contributed by atoms with Crippen LogP contribution in [0.4, 0.5) is 13.6 Å². The number of carboxylic acids is 1. The summed E-state index contributed by atoms with van der Waals surface area (Å²) in [7, 11) is 0. The maximum Gasteiger partial charge on any atom is 0.410 e. The largest absolute Gasteiger partial charge is 0.475 e. The van der Waals surface area contributed by atoms with Crippen LogP contribution in [0.25, 0.3) is 0 Å². The number of aryl methyl sites for hydroxylation is 1. The van der Waals surface area contributed by atoms with Gasteiger partial charge < -0.3 is 19.4 Å².